The number of para-hydroxylation sites is 1. The fourth-order valence-corrected chi connectivity index (χ4v) is 5.97. The molecule has 0 saturated carbocycles. The smallest absolute Gasteiger partial charge is 0.459 e. The van der Waals surface area contributed by atoms with Gasteiger partial charge in [0.15, 0.2) is 6.10 Å². The SMILES string of the molecule is CC(C)Nc1ccn([C@@H]2O[C@H](COP(=O)(NC(C)C(=O)OCCN3CCOCC3)Oc3ccccc3)[C@@H](O)C2(F)F)c(=O)n1. The highest BCUT2D eigenvalue weighted by Gasteiger charge is 2.60. The predicted octanol–water partition coefficient (Wildman–Crippen LogP) is 2.01. The molecule has 1 aromatic carbocycles. The number of nitrogens with zero attached hydrogens (tertiary/aromatic N) is 3. The summed E-state index contributed by atoms with van der Waals surface area (Å²) >= 11 is 0. The summed E-state index contributed by atoms with van der Waals surface area (Å²) in [7, 11) is -4.45. The van der Waals surface area contributed by atoms with Crippen LogP contribution in [0.25, 0.3) is 0 Å². The molecule has 14 nitrogen and oxygen atoms in total. The Hall–Kier alpha value is -2.98. The van der Waals surface area contributed by atoms with Gasteiger partial charge in [0.1, 0.15) is 30.3 Å². The van der Waals surface area contributed by atoms with Crippen LogP contribution in [0.2, 0.25) is 0 Å². The van der Waals surface area contributed by atoms with Crippen LogP contribution >= 0.6 is 7.75 Å². The molecule has 0 bridgehead atoms. The minimum atomic E-state index is -4.45. The maximum atomic E-state index is 15.1. The summed E-state index contributed by atoms with van der Waals surface area (Å²) in [6.07, 6.45) is -5.32. The molecule has 2 aliphatic heterocycles. The number of esters is 1. The van der Waals surface area contributed by atoms with E-state index in [9.17, 15) is 19.3 Å². The average Bonchev–Trinajstić information content (AvgIpc) is 3.20. The van der Waals surface area contributed by atoms with Crippen LogP contribution in [0, 0.1) is 0 Å². The highest BCUT2D eigenvalue weighted by Crippen LogP contribution is 2.48. The van der Waals surface area contributed by atoms with Crippen LogP contribution in [0.3, 0.4) is 0 Å². The van der Waals surface area contributed by atoms with Crippen molar-refractivity contribution in [2.75, 3.05) is 51.4 Å². The van der Waals surface area contributed by atoms with Crippen LogP contribution in [0.15, 0.2) is 47.4 Å². The van der Waals surface area contributed by atoms with E-state index < -0.39 is 56.4 Å². The molecular formula is C27H38F2N5O9P. The third kappa shape index (κ3) is 8.81. The van der Waals surface area contributed by atoms with E-state index in [0.717, 1.165) is 6.20 Å². The normalized spacial score (nSPS) is 24.0. The Morgan fingerprint density at radius 2 is 1.91 bits per heavy atom. The zero-order chi connectivity index (χ0) is 31.9. The Morgan fingerprint density at radius 3 is 2.57 bits per heavy atom. The number of aliphatic hydroxyl groups is 1. The number of nitrogens with one attached hydrogen (secondary N) is 2. The molecule has 3 N–H and O–H groups in total. The van der Waals surface area contributed by atoms with Crippen LogP contribution in [0.4, 0.5) is 14.6 Å². The summed E-state index contributed by atoms with van der Waals surface area (Å²) in [6.45, 7) is 7.31. The van der Waals surface area contributed by atoms with Crippen molar-refractivity contribution in [3.63, 3.8) is 0 Å². The van der Waals surface area contributed by atoms with Gasteiger partial charge in [-0.15, -0.1) is 0 Å². The van der Waals surface area contributed by atoms with Gasteiger partial charge in [-0.1, -0.05) is 18.2 Å². The molecule has 2 aliphatic rings. The summed E-state index contributed by atoms with van der Waals surface area (Å²) in [5, 5.41) is 15.8. The summed E-state index contributed by atoms with van der Waals surface area (Å²) in [4.78, 5) is 31.0. The second-order valence-electron chi connectivity index (χ2n) is 10.6. The summed E-state index contributed by atoms with van der Waals surface area (Å²) < 4.78 is 71.6. The second kappa shape index (κ2) is 14.9. The lowest BCUT2D eigenvalue weighted by Crippen LogP contribution is -2.42. The Balaban J connectivity index is 1.42. The van der Waals surface area contributed by atoms with Gasteiger partial charge in [-0.05, 0) is 39.0 Å². The van der Waals surface area contributed by atoms with E-state index in [-0.39, 0.29) is 24.2 Å². The average molecular weight is 646 g/mol. The topological polar surface area (TPSA) is 163 Å². The quantitative estimate of drug-likeness (QED) is 0.202. The van der Waals surface area contributed by atoms with Gasteiger partial charge in [-0.25, -0.2) is 9.36 Å². The highest BCUT2D eigenvalue weighted by molar-refractivity contribution is 7.52. The van der Waals surface area contributed by atoms with E-state index in [2.05, 4.69) is 20.3 Å². The van der Waals surface area contributed by atoms with Crippen LogP contribution < -0.4 is 20.6 Å². The van der Waals surface area contributed by atoms with Gasteiger partial charge in [-0.2, -0.15) is 18.9 Å². The van der Waals surface area contributed by atoms with Gasteiger partial charge < -0.3 is 29.2 Å². The molecule has 4 rings (SSSR count). The standard InChI is InChI=1S/C27H38F2N5O9P/c1-18(2)30-22-9-10-34(26(37)31-22)25-27(28,29)23(35)21(42-25)17-41-44(38,43-20-7-5-4-6-8-20)32-19(3)24(36)40-16-13-33-11-14-39-15-12-33/h4-10,18-19,21,23,25,35H,11-17H2,1-3H3,(H,32,38)(H,30,31,37)/t19?,21-,23-,25-,44?/m1/s1. The number of rotatable bonds is 14. The zero-order valence-corrected chi connectivity index (χ0v) is 25.5. The van der Waals surface area contributed by atoms with E-state index in [4.69, 9.17) is 23.3 Å². The number of morpholine rings is 1. The number of aromatic nitrogens is 2. The molecule has 2 fully saturated rings. The first-order valence-corrected chi connectivity index (χ1v) is 15.7. The maximum absolute atomic E-state index is 15.1. The Labute approximate surface area is 253 Å². The van der Waals surface area contributed by atoms with E-state index in [1.807, 2.05) is 13.8 Å². The molecule has 2 aromatic rings. The number of benzene rings is 1. The van der Waals surface area contributed by atoms with Gasteiger partial charge in [0.2, 0.25) is 6.23 Å². The Morgan fingerprint density at radius 1 is 1.20 bits per heavy atom. The van der Waals surface area contributed by atoms with Gasteiger partial charge in [0, 0.05) is 31.9 Å². The summed E-state index contributed by atoms with van der Waals surface area (Å²) in [5.41, 5.74) is -1.03. The fourth-order valence-electron chi connectivity index (χ4n) is 4.47. The van der Waals surface area contributed by atoms with Crippen molar-refractivity contribution < 1.29 is 46.5 Å². The molecule has 1 aromatic heterocycles. The van der Waals surface area contributed by atoms with Crippen molar-refractivity contribution in [2.45, 2.75) is 57.2 Å². The van der Waals surface area contributed by atoms with E-state index >= 15 is 8.78 Å². The number of ether oxygens (including phenoxy) is 3. The third-order valence-corrected chi connectivity index (χ3v) is 8.38. The molecule has 244 valence electrons. The Kier molecular flexibility index (Phi) is 11.5. The molecule has 44 heavy (non-hydrogen) atoms. The molecule has 2 unspecified atom stereocenters. The van der Waals surface area contributed by atoms with Gasteiger partial charge >= 0.3 is 25.3 Å². The lowest BCUT2D eigenvalue weighted by molar-refractivity contribution is -0.146. The third-order valence-electron chi connectivity index (χ3n) is 6.74. The largest absolute Gasteiger partial charge is 0.463 e. The van der Waals surface area contributed by atoms with Crippen LogP contribution in [0.5, 0.6) is 5.75 Å². The monoisotopic (exact) mass is 645 g/mol. The predicted molar refractivity (Wildman–Crippen MR) is 154 cm³/mol. The molecule has 0 aliphatic carbocycles. The van der Waals surface area contributed by atoms with Crippen molar-refractivity contribution in [1.29, 1.82) is 0 Å². The molecule has 2 saturated heterocycles. The highest BCUT2D eigenvalue weighted by atomic mass is 31.2. The number of hydrogen-bond acceptors (Lipinski definition) is 12. The van der Waals surface area contributed by atoms with Crippen molar-refractivity contribution in [2.24, 2.45) is 0 Å². The van der Waals surface area contributed by atoms with Gasteiger partial charge in [0.05, 0.1) is 19.8 Å². The second-order valence-corrected chi connectivity index (χ2v) is 12.3. The molecule has 17 heteroatoms. The number of aliphatic hydroxyl groups excluding tert-OH is 1. The lowest BCUT2D eigenvalue weighted by Gasteiger charge is -2.27. The number of alkyl halides is 2. The number of carbonyl (C=O) groups excluding carboxylic acids is 1. The summed E-state index contributed by atoms with van der Waals surface area (Å²) in [6, 6.07) is 7.92. The Bertz CT molecular complexity index is 1350. The number of hydrogen-bond donors (Lipinski definition) is 3. The van der Waals surface area contributed by atoms with Crippen molar-refractivity contribution >= 4 is 19.5 Å². The lowest BCUT2D eigenvalue weighted by atomic mass is 10.1. The van der Waals surface area contributed by atoms with Gasteiger partial charge in [-0.3, -0.25) is 18.8 Å². The van der Waals surface area contributed by atoms with Crippen LogP contribution in [-0.2, 0) is 28.1 Å². The maximum Gasteiger partial charge on any atom is 0.459 e. The molecule has 0 radical (unpaired) electrons. The fraction of sp³-hybridized carbons (Fsp3) is 0.593. The van der Waals surface area contributed by atoms with Gasteiger partial charge in [0.25, 0.3) is 0 Å². The first kappa shape index (κ1) is 33.9. The van der Waals surface area contributed by atoms with Crippen molar-refractivity contribution in [3.05, 3.63) is 53.1 Å². The molecule has 0 amide bonds. The van der Waals surface area contributed by atoms with E-state index in [0.29, 0.717) is 37.4 Å². The molecule has 0 spiro atoms. The number of carbonyl (C=O) groups is 1. The van der Waals surface area contributed by atoms with Crippen molar-refractivity contribution in [3.8, 4) is 5.75 Å². The van der Waals surface area contributed by atoms with E-state index in [1.165, 1.54) is 25.1 Å². The van der Waals surface area contributed by atoms with Crippen molar-refractivity contribution in [1.82, 2.24) is 19.5 Å². The zero-order valence-electron chi connectivity index (χ0n) is 24.6. The first-order chi connectivity index (χ1) is 20.9. The molecule has 3 heterocycles. The first-order valence-electron chi connectivity index (χ1n) is 14.2. The minimum Gasteiger partial charge on any atom is -0.463 e. The van der Waals surface area contributed by atoms with E-state index in [1.54, 1.807) is 18.2 Å². The molecule has 5 atom stereocenters. The minimum absolute atomic E-state index is 0.0626. The van der Waals surface area contributed by atoms with Crippen LogP contribution in [-0.4, -0.2) is 102 Å². The van der Waals surface area contributed by atoms with Crippen LogP contribution in [0.1, 0.15) is 27.0 Å². The number of halogens is 2. The number of anilines is 1. The summed E-state index contributed by atoms with van der Waals surface area (Å²) in [5.74, 6) is -4.41. The molecular weight excluding hydrogens is 607 g/mol.